The van der Waals surface area contributed by atoms with Gasteiger partial charge in [0.2, 0.25) is 5.95 Å². The smallest absolute Gasteiger partial charge is 0.415 e. The molecule has 7 nitrogen and oxygen atoms in total. The van der Waals surface area contributed by atoms with Crippen LogP contribution in [0.2, 0.25) is 5.02 Å². The highest BCUT2D eigenvalue weighted by molar-refractivity contribution is 7.15. The number of benzene rings is 1. The Morgan fingerprint density at radius 1 is 1.26 bits per heavy atom. The molecule has 2 fully saturated rings. The number of hydrogen-bond acceptors (Lipinski definition) is 7. The van der Waals surface area contributed by atoms with E-state index in [1.165, 1.54) is 0 Å². The lowest BCUT2D eigenvalue weighted by atomic mass is 10.2. The van der Waals surface area contributed by atoms with Gasteiger partial charge >= 0.3 is 6.09 Å². The molecule has 1 aromatic carbocycles. The van der Waals surface area contributed by atoms with Crippen molar-refractivity contribution in [2.24, 2.45) is 5.92 Å². The van der Waals surface area contributed by atoms with Gasteiger partial charge in [-0.1, -0.05) is 23.7 Å². The van der Waals surface area contributed by atoms with Gasteiger partial charge in [0.05, 0.1) is 12.1 Å². The minimum atomic E-state index is -0.330. The van der Waals surface area contributed by atoms with E-state index in [0.717, 1.165) is 34.0 Å². The van der Waals surface area contributed by atoms with Gasteiger partial charge in [-0.15, -0.1) is 11.3 Å². The number of aryl methyl sites for hydroxylation is 1. The van der Waals surface area contributed by atoms with Crippen LogP contribution in [0.3, 0.4) is 0 Å². The van der Waals surface area contributed by atoms with Crippen LogP contribution in [0.5, 0.6) is 0 Å². The highest BCUT2D eigenvalue weighted by Gasteiger charge is 2.44. The van der Waals surface area contributed by atoms with Crippen molar-refractivity contribution in [3.05, 3.63) is 52.1 Å². The number of amides is 1. The summed E-state index contributed by atoms with van der Waals surface area (Å²) in [7, 11) is 0. The predicted molar refractivity (Wildman–Crippen MR) is 122 cm³/mol. The van der Waals surface area contributed by atoms with Gasteiger partial charge in [0.1, 0.15) is 17.4 Å². The van der Waals surface area contributed by atoms with E-state index in [-0.39, 0.29) is 18.2 Å². The molecule has 2 aromatic heterocycles. The van der Waals surface area contributed by atoms with E-state index in [9.17, 15) is 4.79 Å². The molecule has 9 heteroatoms. The zero-order valence-corrected chi connectivity index (χ0v) is 18.8. The zero-order valence-electron chi connectivity index (χ0n) is 17.2. The third-order valence-electron chi connectivity index (χ3n) is 5.55. The van der Waals surface area contributed by atoms with Gasteiger partial charge in [-0.2, -0.15) is 4.98 Å². The van der Waals surface area contributed by atoms with Crippen molar-refractivity contribution in [3.8, 4) is 10.6 Å². The van der Waals surface area contributed by atoms with E-state index in [2.05, 4.69) is 20.3 Å². The average Bonchev–Trinajstić information content (AvgIpc) is 3.32. The van der Waals surface area contributed by atoms with Crippen molar-refractivity contribution >= 4 is 40.8 Å². The fourth-order valence-corrected chi connectivity index (χ4v) is 4.79. The summed E-state index contributed by atoms with van der Waals surface area (Å²) in [6.07, 6.45) is 3.80. The molecule has 1 saturated heterocycles. The van der Waals surface area contributed by atoms with Gasteiger partial charge in [-0.05, 0) is 44.7 Å². The monoisotopic (exact) mass is 455 g/mol. The highest BCUT2D eigenvalue weighted by Crippen LogP contribution is 2.40. The van der Waals surface area contributed by atoms with Crippen molar-refractivity contribution in [2.45, 2.75) is 38.8 Å². The zero-order chi connectivity index (χ0) is 21.5. The van der Waals surface area contributed by atoms with Gasteiger partial charge < -0.3 is 10.1 Å². The quantitative estimate of drug-likeness (QED) is 0.530. The van der Waals surface area contributed by atoms with Crippen LogP contribution in [0.15, 0.2) is 36.5 Å². The number of thiazole rings is 1. The summed E-state index contributed by atoms with van der Waals surface area (Å²) >= 11 is 7.59. The lowest BCUT2D eigenvalue weighted by molar-refractivity contribution is 0.178. The van der Waals surface area contributed by atoms with E-state index < -0.39 is 0 Å². The van der Waals surface area contributed by atoms with E-state index in [1.807, 2.05) is 50.4 Å². The van der Waals surface area contributed by atoms with Crippen LogP contribution in [-0.4, -0.2) is 33.7 Å². The largest absolute Gasteiger partial charge is 0.447 e. The van der Waals surface area contributed by atoms with E-state index in [1.54, 1.807) is 16.2 Å². The number of hydrogen-bond donors (Lipinski definition) is 1. The van der Waals surface area contributed by atoms with Gasteiger partial charge in [-0.3, -0.25) is 4.90 Å². The van der Waals surface area contributed by atoms with Gasteiger partial charge in [0.25, 0.3) is 0 Å². The fourth-order valence-electron chi connectivity index (χ4n) is 3.74. The van der Waals surface area contributed by atoms with Crippen molar-refractivity contribution in [1.82, 2.24) is 15.0 Å². The first-order valence-electron chi connectivity index (χ1n) is 10.3. The van der Waals surface area contributed by atoms with Crippen LogP contribution in [0.25, 0.3) is 10.6 Å². The molecule has 160 valence electrons. The second-order valence-electron chi connectivity index (χ2n) is 7.98. The average molecular weight is 456 g/mol. The Morgan fingerprint density at radius 2 is 2.03 bits per heavy atom. The van der Waals surface area contributed by atoms with Gasteiger partial charge in [-0.25, -0.2) is 14.8 Å². The molecule has 2 atom stereocenters. The molecule has 3 aromatic rings. The summed E-state index contributed by atoms with van der Waals surface area (Å²) in [5, 5.41) is 4.99. The van der Waals surface area contributed by atoms with E-state index in [0.29, 0.717) is 29.3 Å². The summed E-state index contributed by atoms with van der Waals surface area (Å²) < 4.78 is 5.31. The molecule has 0 unspecified atom stereocenters. The van der Waals surface area contributed by atoms with Crippen LogP contribution in [-0.2, 0) is 4.74 Å². The number of ether oxygens (including phenoxy) is 1. The number of cyclic esters (lactones) is 1. The second-order valence-corrected chi connectivity index (χ2v) is 9.48. The molecule has 1 saturated carbocycles. The molecular weight excluding hydrogens is 434 g/mol. The first kappa shape index (κ1) is 20.2. The first-order valence-corrected chi connectivity index (χ1v) is 11.5. The number of rotatable bonds is 6. The van der Waals surface area contributed by atoms with Crippen LogP contribution in [0, 0.1) is 12.8 Å². The highest BCUT2D eigenvalue weighted by atomic mass is 35.5. The number of nitrogens with one attached hydrogen (secondary N) is 1. The lowest BCUT2D eigenvalue weighted by Gasteiger charge is -2.21. The summed E-state index contributed by atoms with van der Waals surface area (Å²) in [6.45, 7) is 4.38. The molecule has 2 aliphatic rings. The fraction of sp³-hybridized carbons (Fsp3) is 0.364. The van der Waals surface area contributed by atoms with Gasteiger partial charge in [0, 0.05) is 33.4 Å². The minimum Gasteiger partial charge on any atom is -0.447 e. The Hall–Kier alpha value is -2.71. The maximum atomic E-state index is 12.4. The van der Waals surface area contributed by atoms with Crippen molar-refractivity contribution in [1.29, 1.82) is 0 Å². The molecule has 0 radical (unpaired) electrons. The second kappa shape index (κ2) is 8.09. The van der Waals surface area contributed by atoms with Crippen molar-refractivity contribution in [2.75, 3.05) is 16.8 Å². The molecule has 5 rings (SSSR count). The first-order chi connectivity index (χ1) is 15.0. The molecule has 31 heavy (non-hydrogen) atoms. The number of aromatic nitrogens is 3. The number of anilines is 2. The van der Waals surface area contributed by atoms with Gasteiger partial charge in [0.15, 0.2) is 0 Å². The third-order valence-corrected chi connectivity index (χ3v) is 7.03. The Kier molecular flexibility index (Phi) is 5.27. The summed E-state index contributed by atoms with van der Waals surface area (Å²) in [5.74, 6) is 1.58. The SMILES string of the molecule is Cc1cc(N2C(=O)OC[C@@H]2C2CC2)nc(N[C@@H](C)c2cnc(-c3ccc(Cl)cc3)s2)n1. The van der Waals surface area contributed by atoms with Crippen LogP contribution >= 0.6 is 22.9 Å². The molecular formula is C22H22ClN5O2S. The standard InChI is InChI=1S/C22H22ClN5O2S/c1-12-9-19(28-17(14-3-4-14)11-30-22(28)29)27-21(25-12)26-13(2)18-10-24-20(31-18)15-5-7-16(23)8-6-15/h5-10,13-14,17H,3-4,11H2,1-2H3,(H,25,26,27)/t13-,17+/m0/s1. The molecule has 0 spiro atoms. The van der Waals surface area contributed by atoms with Crippen molar-refractivity contribution < 1.29 is 9.53 Å². The Morgan fingerprint density at radius 3 is 2.77 bits per heavy atom. The number of carbonyl (C=O) groups is 1. The predicted octanol–water partition coefficient (Wildman–Crippen LogP) is 5.47. The Bertz CT molecular complexity index is 1120. The summed E-state index contributed by atoms with van der Waals surface area (Å²) in [6, 6.07) is 9.51. The number of halogens is 1. The molecule has 1 amide bonds. The molecule has 1 aliphatic heterocycles. The molecule has 3 heterocycles. The van der Waals surface area contributed by atoms with Crippen LogP contribution in [0.1, 0.15) is 36.4 Å². The normalized spacial score (nSPS) is 19.4. The maximum Gasteiger partial charge on any atom is 0.415 e. The Balaban J connectivity index is 1.35. The van der Waals surface area contributed by atoms with Crippen molar-refractivity contribution in [3.63, 3.8) is 0 Å². The van der Waals surface area contributed by atoms with E-state index >= 15 is 0 Å². The maximum absolute atomic E-state index is 12.4. The molecule has 1 N–H and O–H groups in total. The number of nitrogens with zero attached hydrogens (tertiary/aromatic N) is 4. The minimum absolute atomic E-state index is 0.0436. The van der Waals surface area contributed by atoms with E-state index in [4.69, 9.17) is 16.3 Å². The molecule has 0 bridgehead atoms. The molecule has 1 aliphatic carbocycles. The topological polar surface area (TPSA) is 80.2 Å². The summed E-state index contributed by atoms with van der Waals surface area (Å²) in [5.41, 5.74) is 1.82. The lowest BCUT2D eigenvalue weighted by Crippen LogP contribution is -2.36. The number of carbonyl (C=O) groups excluding carboxylic acids is 1. The van der Waals surface area contributed by atoms with Crippen LogP contribution < -0.4 is 10.2 Å². The summed E-state index contributed by atoms with van der Waals surface area (Å²) in [4.78, 5) is 28.8. The van der Waals surface area contributed by atoms with Crippen LogP contribution in [0.4, 0.5) is 16.6 Å². The Labute approximate surface area is 189 Å². The third kappa shape index (κ3) is 4.22.